The van der Waals surface area contributed by atoms with E-state index in [2.05, 4.69) is 10.3 Å². The van der Waals surface area contributed by atoms with Crippen molar-refractivity contribution in [2.75, 3.05) is 5.32 Å². The van der Waals surface area contributed by atoms with E-state index in [1.54, 1.807) is 0 Å². The van der Waals surface area contributed by atoms with Gasteiger partial charge in [-0.25, -0.2) is 4.79 Å². The molecule has 0 aliphatic rings. The van der Waals surface area contributed by atoms with Crippen molar-refractivity contribution in [3.63, 3.8) is 0 Å². The molecular formula is C13H9ClN2O4. The quantitative estimate of drug-likeness (QED) is 0.805. The number of halogens is 1. The fourth-order valence-corrected chi connectivity index (χ4v) is 1.69. The highest BCUT2D eigenvalue weighted by atomic mass is 35.5. The highest BCUT2D eigenvalue weighted by Crippen LogP contribution is 2.23. The average Bonchev–Trinajstić information content (AvgIpc) is 2.41. The molecule has 0 saturated carbocycles. The van der Waals surface area contributed by atoms with Gasteiger partial charge in [0, 0.05) is 6.07 Å². The number of aromatic carboxylic acids is 1. The van der Waals surface area contributed by atoms with E-state index in [4.69, 9.17) is 16.7 Å². The van der Waals surface area contributed by atoms with Crippen LogP contribution in [-0.2, 0) is 0 Å². The van der Waals surface area contributed by atoms with Crippen molar-refractivity contribution in [1.82, 2.24) is 4.98 Å². The first-order valence-electron chi connectivity index (χ1n) is 5.51. The Morgan fingerprint density at radius 1 is 1.20 bits per heavy atom. The van der Waals surface area contributed by atoms with Crippen LogP contribution in [0.3, 0.4) is 0 Å². The second-order valence-corrected chi connectivity index (χ2v) is 4.29. The second-order valence-electron chi connectivity index (χ2n) is 3.88. The van der Waals surface area contributed by atoms with E-state index in [9.17, 15) is 14.4 Å². The third kappa shape index (κ3) is 3.04. The van der Waals surface area contributed by atoms with E-state index < -0.39 is 17.4 Å². The number of hydrogen-bond donors (Lipinski definition) is 3. The molecule has 0 fully saturated rings. The number of benzene rings is 1. The predicted molar refractivity (Wildman–Crippen MR) is 73.4 cm³/mol. The summed E-state index contributed by atoms with van der Waals surface area (Å²) in [6.07, 6.45) is 0. The molecule has 3 N–H and O–H groups in total. The first-order chi connectivity index (χ1) is 9.47. The second kappa shape index (κ2) is 5.58. The van der Waals surface area contributed by atoms with Crippen molar-refractivity contribution in [3.05, 3.63) is 63.0 Å². The van der Waals surface area contributed by atoms with E-state index >= 15 is 0 Å². The number of aromatic nitrogens is 1. The number of nitrogens with one attached hydrogen (secondary N) is 2. The minimum atomic E-state index is -1.13. The molecule has 0 aliphatic heterocycles. The lowest BCUT2D eigenvalue weighted by atomic mass is 10.2. The number of rotatable bonds is 3. The molecule has 0 bridgehead atoms. The topological polar surface area (TPSA) is 99.3 Å². The normalized spacial score (nSPS) is 10.1. The lowest BCUT2D eigenvalue weighted by Gasteiger charge is -2.08. The fraction of sp³-hybridized carbons (Fsp3) is 0. The first-order valence-corrected chi connectivity index (χ1v) is 5.88. The summed E-state index contributed by atoms with van der Waals surface area (Å²) in [5, 5.41) is 11.5. The van der Waals surface area contributed by atoms with Crippen LogP contribution >= 0.6 is 11.6 Å². The van der Waals surface area contributed by atoms with Crippen molar-refractivity contribution in [3.8, 4) is 0 Å². The zero-order chi connectivity index (χ0) is 14.7. The minimum Gasteiger partial charge on any atom is -0.478 e. The maximum absolute atomic E-state index is 11.9. The summed E-state index contributed by atoms with van der Waals surface area (Å²) in [6, 6.07) is 8.06. The van der Waals surface area contributed by atoms with Gasteiger partial charge in [0.05, 0.1) is 16.3 Å². The molecule has 0 saturated heterocycles. The van der Waals surface area contributed by atoms with Crippen LogP contribution in [0.2, 0.25) is 5.02 Å². The SMILES string of the molecule is O=C(O)c1ccc(Cl)c(NC(=O)c2cccc(=O)[nH]2)c1. The summed E-state index contributed by atoms with van der Waals surface area (Å²) in [7, 11) is 0. The highest BCUT2D eigenvalue weighted by molar-refractivity contribution is 6.34. The molecular weight excluding hydrogens is 284 g/mol. The number of carbonyl (C=O) groups is 2. The van der Waals surface area contributed by atoms with E-state index in [1.807, 2.05) is 0 Å². The highest BCUT2D eigenvalue weighted by Gasteiger charge is 2.12. The standard InChI is InChI=1S/C13H9ClN2O4/c14-8-5-4-7(13(19)20)6-10(8)16-12(18)9-2-1-3-11(17)15-9/h1-6H,(H,15,17)(H,16,18)(H,19,20). The molecule has 0 aliphatic carbocycles. The predicted octanol–water partition coefficient (Wildman–Crippen LogP) is 1.98. The van der Waals surface area contributed by atoms with Crippen LogP contribution in [-0.4, -0.2) is 22.0 Å². The van der Waals surface area contributed by atoms with E-state index in [0.29, 0.717) is 0 Å². The largest absolute Gasteiger partial charge is 0.478 e. The zero-order valence-corrected chi connectivity index (χ0v) is 10.8. The van der Waals surface area contributed by atoms with Crippen LogP contribution in [0.15, 0.2) is 41.2 Å². The molecule has 102 valence electrons. The van der Waals surface area contributed by atoms with Crippen LogP contribution in [0.25, 0.3) is 0 Å². The molecule has 1 aromatic carbocycles. The van der Waals surface area contributed by atoms with Gasteiger partial charge in [-0.05, 0) is 24.3 Å². The molecule has 7 heteroatoms. The van der Waals surface area contributed by atoms with Crippen LogP contribution in [0, 0.1) is 0 Å². The Morgan fingerprint density at radius 2 is 1.95 bits per heavy atom. The number of amides is 1. The molecule has 0 unspecified atom stereocenters. The molecule has 1 heterocycles. The minimum absolute atomic E-state index is 0.00810. The Morgan fingerprint density at radius 3 is 2.60 bits per heavy atom. The summed E-state index contributed by atoms with van der Waals surface area (Å²) in [5.41, 5.74) is -0.218. The monoisotopic (exact) mass is 292 g/mol. The molecule has 0 spiro atoms. The van der Waals surface area contributed by atoms with E-state index in [0.717, 1.165) is 0 Å². The summed E-state index contributed by atoms with van der Waals surface area (Å²) in [5.74, 6) is -1.72. The van der Waals surface area contributed by atoms with Crippen molar-refractivity contribution in [2.45, 2.75) is 0 Å². The third-order valence-corrected chi connectivity index (χ3v) is 2.80. The van der Waals surface area contributed by atoms with Crippen molar-refractivity contribution < 1.29 is 14.7 Å². The Labute approximate surface area is 118 Å². The van der Waals surface area contributed by atoms with Gasteiger partial charge in [-0.15, -0.1) is 0 Å². The van der Waals surface area contributed by atoms with Crippen molar-refractivity contribution in [1.29, 1.82) is 0 Å². The summed E-state index contributed by atoms with van der Waals surface area (Å²) < 4.78 is 0. The zero-order valence-electron chi connectivity index (χ0n) is 10.0. The maximum Gasteiger partial charge on any atom is 0.335 e. The van der Waals surface area contributed by atoms with Gasteiger partial charge in [-0.2, -0.15) is 0 Å². The smallest absolute Gasteiger partial charge is 0.335 e. The van der Waals surface area contributed by atoms with Gasteiger partial charge in [-0.1, -0.05) is 17.7 Å². The van der Waals surface area contributed by atoms with E-state index in [1.165, 1.54) is 36.4 Å². The maximum atomic E-state index is 11.9. The molecule has 0 atom stereocenters. The van der Waals surface area contributed by atoms with E-state index in [-0.39, 0.29) is 22.0 Å². The molecule has 0 radical (unpaired) electrons. The summed E-state index contributed by atoms with van der Waals surface area (Å²) in [4.78, 5) is 36.2. The number of anilines is 1. The molecule has 1 amide bonds. The summed E-state index contributed by atoms with van der Waals surface area (Å²) in [6.45, 7) is 0. The summed E-state index contributed by atoms with van der Waals surface area (Å²) >= 11 is 5.88. The lowest BCUT2D eigenvalue weighted by molar-refractivity contribution is 0.0696. The Balaban J connectivity index is 2.30. The Hall–Kier alpha value is -2.60. The number of hydrogen-bond acceptors (Lipinski definition) is 3. The molecule has 1 aromatic heterocycles. The first kappa shape index (κ1) is 13.8. The van der Waals surface area contributed by atoms with Crippen molar-refractivity contribution >= 4 is 29.2 Å². The van der Waals surface area contributed by atoms with Gasteiger partial charge < -0.3 is 15.4 Å². The molecule has 2 aromatic rings. The van der Waals surface area contributed by atoms with Crippen LogP contribution in [0.4, 0.5) is 5.69 Å². The fourth-order valence-electron chi connectivity index (χ4n) is 1.52. The number of pyridine rings is 1. The Kier molecular flexibility index (Phi) is 3.86. The van der Waals surface area contributed by atoms with Crippen LogP contribution < -0.4 is 10.9 Å². The van der Waals surface area contributed by atoms with Crippen LogP contribution in [0.5, 0.6) is 0 Å². The van der Waals surface area contributed by atoms with Gasteiger partial charge in [0.25, 0.3) is 5.91 Å². The number of carbonyl (C=O) groups excluding carboxylic acids is 1. The molecule has 20 heavy (non-hydrogen) atoms. The van der Waals surface area contributed by atoms with Gasteiger partial charge in [0.1, 0.15) is 5.69 Å². The van der Waals surface area contributed by atoms with Gasteiger partial charge >= 0.3 is 5.97 Å². The average molecular weight is 293 g/mol. The van der Waals surface area contributed by atoms with Crippen molar-refractivity contribution in [2.24, 2.45) is 0 Å². The lowest BCUT2D eigenvalue weighted by Crippen LogP contribution is -2.18. The third-order valence-electron chi connectivity index (χ3n) is 2.47. The Bertz CT molecular complexity index is 739. The molecule has 2 rings (SSSR count). The van der Waals surface area contributed by atoms with Crippen LogP contribution in [0.1, 0.15) is 20.8 Å². The van der Waals surface area contributed by atoms with Gasteiger partial charge in [0.15, 0.2) is 0 Å². The number of carboxylic acid groups (broad SMARTS) is 1. The number of H-pyrrole nitrogens is 1. The molecule has 6 nitrogen and oxygen atoms in total. The van der Waals surface area contributed by atoms with Gasteiger partial charge in [0.2, 0.25) is 5.56 Å². The van der Waals surface area contributed by atoms with Gasteiger partial charge in [-0.3, -0.25) is 9.59 Å². The number of aromatic amines is 1. The number of carboxylic acids is 1.